The second-order valence-electron chi connectivity index (χ2n) is 2.90. The van der Waals surface area contributed by atoms with Crippen LogP contribution in [-0.2, 0) is 0 Å². The molecular formula is C9H13NO. The molecule has 1 rings (SSSR count). The van der Waals surface area contributed by atoms with Crippen molar-refractivity contribution in [3.8, 4) is 0 Å². The second-order valence-corrected chi connectivity index (χ2v) is 2.90. The van der Waals surface area contributed by atoms with Crippen molar-refractivity contribution in [3.05, 3.63) is 22.9 Å². The van der Waals surface area contributed by atoms with E-state index in [9.17, 15) is 0 Å². The van der Waals surface area contributed by atoms with Gasteiger partial charge in [-0.05, 0) is 26.8 Å². The first kappa shape index (κ1) is 8.05. The van der Waals surface area contributed by atoms with Crippen LogP contribution in [0.1, 0.15) is 31.2 Å². The number of aryl methyl sites for hydroxylation is 2. The summed E-state index contributed by atoms with van der Waals surface area (Å²) < 4.78 is 5.34. The summed E-state index contributed by atoms with van der Waals surface area (Å²) in [5.74, 6) is 1.61. The van der Waals surface area contributed by atoms with Gasteiger partial charge in [-0.15, -0.1) is 0 Å². The van der Waals surface area contributed by atoms with Crippen LogP contribution in [0.5, 0.6) is 0 Å². The SMILES string of the molecule is CC(C)=Cc1oc(C)nc1C. The first-order valence-corrected chi connectivity index (χ1v) is 3.68. The van der Waals surface area contributed by atoms with Crippen molar-refractivity contribution in [2.75, 3.05) is 0 Å². The molecule has 0 N–H and O–H groups in total. The van der Waals surface area contributed by atoms with E-state index in [0.29, 0.717) is 0 Å². The maximum Gasteiger partial charge on any atom is 0.191 e. The summed E-state index contributed by atoms with van der Waals surface area (Å²) in [6, 6.07) is 0. The number of hydrogen-bond acceptors (Lipinski definition) is 2. The summed E-state index contributed by atoms with van der Waals surface area (Å²) in [7, 11) is 0. The number of rotatable bonds is 1. The molecule has 1 heterocycles. The van der Waals surface area contributed by atoms with Crippen LogP contribution in [0.4, 0.5) is 0 Å². The molecule has 0 fully saturated rings. The summed E-state index contributed by atoms with van der Waals surface area (Å²) >= 11 is 0. The van der Waals surface area contributed by atoms with E-state index in [0.717, 1.165) is 17.3 Å². The molecule has 0 saturated heterocycles. The van der Waals surface area contributed by atoms with Crippen LogP contribution in [0.3, 0.4) is 0 Å². The molecule has 0 bridgehead atoms. The van der Waals surface area contributed by atoms with Crippen molar-refractivity contribution >= 4 is 6.08 Å². The molecular weight excluding hydrogens is 138 g/mol. The Morgan fingerprint density at radius 3 is 2.36 bits per heavy atom. The first-order valence-electron chi connectivity index (χ1n) is 3.68. The van der Waals surface area contributed by atoms with Gasteiger partial charge in [0.15, 0.2) is 5.89 Å². The number of oxazole rings is 1. The molecule has 0 atom stereocenters. The Kier molecular flexibility index (Phi) is 2.13. The van der Waals surface area contributed by atoms with E-state index in [2.05, 4.69) is 4.98 Å². The maximum atomic E-state index is 5.34. The highest BCUT2D eigenvalue weighted by Crippen LogP contribution is 2.12. The lowest BCUT2D eigenvalue weighted by Crippen LogP contribution is -1.74. The Balaban J connectivity index is 3.04. The lowest BCUT2D eigenvalue weighted by Gasteiger charge is -1.87. The van der Waals surface area contributed by atoms with E-state index in [4.69, 9.17) is 4.42 Å². The summed E-state index contributed by atoms with van der Waals surface area (Å²) in [5.41, 5.74) is 2.19. The third-order valence-corrected chi connectivity index (χ3v) is 1.36. The van der Waals surface area contributed by atoms with Crippen LogP contribution in [0.15, 0.2) is 9.99 Å². The van der Waals surface area contributed by atoms with Crippen molar-refractivity contribution in [2.24, 2.45) is 0 Å². The molecule has 0 radical (unpaired) electrons. The van der Waals surface area contributed by atoms with Crippen LogP contribution < -0.4 is 0 Å². The minimum absolute atomic E-state index is 0.731. The summed E-state index contributed by atoms with van der Waals surface area (Å²) in [5, 5.41) is 0. The number of nitrogens with zero attached hydrogens (tertiary/aromatic N) is 1. The molecule has 0 amide bonds. The highest BCUT2D eigenvalue weighted by atomic mass is 16.4. The fraction of sp³-hybridized carbons (Fsp3) is 0.444. The quantitative estimate of drug-likeness (QED) is 0.616. The predicted molar refractivity (Wildman–Crippen MR) is 45.3 cm³/mol. The fourth-order valence-electron chi connectivity index (χ4n) is 0.943. The third-order valence-electron chi connectivity index (χ3n) is 1.36. The Labute approximate surface area is 66.9 Å². The van der Waals surface area contributed by atoms with Gasteiger partial charge < -0.3 is 4.42 Å². The molecule has 0 unspecified atom stereocenters. The van der Waals surface area contributed by atoms with Gasteiger partial charge in [0.05, 0.1) is 5.69 Å². The maximum absolute atomic E-state index is 5.34. The molecule has 0 aliphatic rings. The molecule has 0 saturated carbocycles. The van der Waals surface area contributed by atoms with Crippen LogP contribution >= 0.6 is 0 Å². The van der Waals surface area contributed by atoms with E-state index in [1.165, 1.54) is 5.57 Å². The lowest BCUT2D eigenvalue weighted by atomic mass is 10.2. The van der Waals surface area contributed by atoms with Gasteiger partial charge in [-0.2, -0.15) is 0 Å². The van der Waals surface area contributed by atoms with E-state index in [-0.39, 0.29) is 0 Å². The second kappa shape index (κ2) is 2.91. The first-order chi connectivity index (χ1) is 5.09. The van der Waals surface area contributed by atoms with Gasteiger partial charge in [-0.3, -0.25) is 0 Å². The standard InChI is InChI=1S/C9H13NO/c1-6(2)5-9-7(3)10-8(4)11-9/h5H,1-4H3. The van der Waals surface area contributed by atoms with Gasteiger partial charge in [-0.25, -0.2) is 4.98 Å². The van der Waals surface area contributed by atoms with Gasteiger partial charge in [0.2, 0.25) is 0 Å². The highest BCUT2D eigenvalue weighted by molar-refractivity contribution is 5.48. The minimum Gasteiger partial charge on any atom is -0.441 e. The van der Waals surface area contributed by atoms with Gasteiger partial charge >= 0.3 is 0 Å². The molecule has 0 aliphatic heterocycles. The molecule has 1 aromatic heterocycles. The molecule has 11 heavy (non-hydrogen) atoms. The zero-order valence-corrected chi connectivity index (χ0v) is 7.43. The van der Waals surface area contributed by atoms with Crippen molar-refractivity contribution in [2.45, 2.75) is 27.7 Å². The Morgan fingerprint density at radius 1 is 1.36 bits per heavy atom. The smallest absolute Gasteiger partial charge is 0.191 e. The minimum atomic E-state index is 0.731. The van der Waals surface area contributed by atoms with Gasteiger partial charge in [-0.1, -0.05) is 5.57 Å². The van der Waals surface area contributed by atoms with Crippen molar-refractivity contribution < 1.29 is 4.42 Å². The average Bonchev–Trinajstić information content (AvgIpc) is 2.09. The van der Waals surface area contributed by atoms with Gasteiger partial charge in [0.1, 0.15) is 5.76 Å². The number of allylic oxidation sites excluding steroid dienone is 1. The molecule has 2 nitrogen and oxygen atoms in total. The molecule has 1 aromatic rings. The molecule has 0 spiro atoms. The number of aromatic nitrogens is 1. The van der Waals surface area contributed by atoms with Crippen molar-refractivity contribution in [3.63, 3.8) is 0 Å². The van der Waals surface area contributed by atoms with Crippen LogP contribution in [0, 0.1) is 13.8 Å². The zero-order chi connectivity index (χ0) is 8.43. The van der Waals surface area contributed by atoms with E-state index in [1.807, 2.05) is 33.8 Å². The summed E-state index contributed by atoms with van der Waals surface area (Å²) in [6.45, 7) is 7.88. The molecule has 0 aliphatic carbocycles. The van der Waals surface area contributed by atoms with E-state index < -0.39 is 0 Å². The summed E-state index contributed by atoms with van der Waals surface area (Å²) in [6.07, 6.45) is 2.00. The molecule has 60 valence electrons. The predicted octanol–water partition coefficient (Wildman–Crippen LogP) is 2.71. The topological polar surface area (TPSA) is 26.0 Å². The Bertz CT molecular complexity index is 280. The Morgan fingerprint density at radius 2 is 2.00 bits per heavy atom. The average molecular weight is 151 g/mol. The van der Waals surface area contributed by atoms with Gasteiger partial charge in [0, 0.05) is 6.92 Å². The largest absolute Gasteiger partial charge is 0.441 e. The Hall–Kier alpha value is -1.05. The molecule has 0 aromatic carbocycles. The van der Waals surface area contributed by atoms with Crippen molar-refractivity contribution in [1.29, 1.82) is 0 Å². The van der Waals surface area contributed by atoms with E-state index in [1.54, 1.807) is 0 Å². The lowest BCUT2D eigenvalue weighted by molar-refractivity contribution is 0.512. The highest BCUT2D eigenvalue weighted by Gasteiger charge is 2.01. The van der Waals surface area contributed by atoms with Crippen LogP contribution in [0.25, 0.3) is 6.08 Å². The fourth-order valence-corrected chi connectivity index (χ4v) is 0.943. The normalized spacial score (nSPS) is 9.82. The number of hydrogen-bond donors (Lipinski definition) is 0. The van der Waals surface area contributed by atoms with E-state index >= 15 is 0 Å². The monoisotopic (exact) mass is 151 g/mol. The van der Waals surface area contributed by atoms with Crippen LogP contribution in [0.2, 0.25) is 0 Å². The summed E-state index contributed by atoms with van der Waals surface area (Å²) in [4.78, 5) is 4.15. The van der Waals surface area contributed by atoms with Crippen LogP contribution in [-0.4, -0.2) is 4.98 Å². The van der Waals surface area contributed by atoms with Gasteiger partial charge in [0.25, 0.3) is 0 Å². The van der Waals surface area contributed by atoms with Crippen molar-refractivity contribution in [1.82, 2.24) is 4.98 Å². The third kappa shape index (κ3) is 1.93. The molecule has 2 heteroatoms. The zero-order valence-electron chi connectivity index (χ0n) is 7.43.